The van der Waals surface area contributed by atoms with Crippen LogP contribution in [0.5, 0.6) is 0 Å². The Kier molecular flexibility index (Phi) is 2.37. The lowest BCUT2D eigenvalue weighted by molar-refractivity contribution is 0.0941. The summed E-state index contributed by atoms with van der Waals surface area (Å²) in [6, 6.07) is 5.50. The molecule has 0 bridgehead atoms. The summed E-state index contributed by atoms with van der Waals surface area (Å²) < 4.78 is 2.42. The summed E-state index contributed by atoms with van der Waals surface area (Å²) in [5, 5.41) is 1.53. The second-order valence-electron chi connectivity index (χ2n) is 3.00. The van der Waals surface area contributed by atoms with Crippen LogP contribution >= 0.6 is 27.5 Å². The Hall–Kier alpha value is -0.800. The van der Waals surface area contributed by atoms with E-state index in [1.54, 1.807) is 16.8 Å². The molecule has 0 N–H and O–H groups in total. The lowest BCUT2D eigenvalue weighted by atomic mass is 10.2. The van der Waals surface area contributed by atoms with Crippen molar-refractivity contribution in [3.05, 3.63) is 33.9 Å². The predicted molar refractivity (Wildman–Crippen MR) is 60.9 cm³/mol. The molecule has 4 heteroatoms. The summed E-state index contributed by atoms with van der Waals surface area (Å²) in [5.74, 6) is -0.0250. The summed E-state index contributed by atoms with van der Waals surface area (Å²) in [6.45, 7) is 1.52. The summed E-state index contributed by atoms with van der Waals surface area (Å²) in [7, 11) is 0. The zero-order valence-electron chi connectivity index (χ0n) is 7.42. The molecule has 14 heavy (non-hydrogen) atoms. The highest BCUT2D eigenvalue weighted by Gasteiger charge is 2.11. The summed E-state index contributed by atoms with van der Waals surface area (Å²) in [4.78, 5) is 11.3. The molecule has 0 aliphatic heterocycles. The molecular formula is C10H7BrClNO. The molecule has 0 unspecified atom stereocenters. The van der Waals surface area contributed by atoms with Gasteiger partial charge in [-0.1, -0.05) is 17.7 Å². The van der Waals surface area contributed by atoms with Crippen LogP contribution in [0.3, 0.4) is 0 Å². The third kappa shape index (κ3) is 1.37. The largest absolute Gasteiger partial charge is 0.286 e. The number of benzene rings is 1. The number of rotatable bonds is 0. The predicted octanol–water partition coefficient (Wildman–Crippen LogP) is 3.72. The van der Waals surface area contributed by atoms with Gasteiger partial charge in [0.25, 0.3) is 0 Å². The third-order valence-corrected chi connectivity index (χ3v) is 2.99. The molecule has 0 aliphatic carbocycles. The minimum atomic E-state index is -0.0250. The zero-order chi connectivity index (χ0) is 10.3. The molecule has 0 saturated heterocycles. The van der Waals surface area contributed by atoms with Crippen LogP contribution < -0.4 is 0 Å². The third-order valence-electron chi connectivity index (χ3n) is 2.07. The Morgan fingerprint density at radius 2 is 2.21 bits per heavy atom. The Labute approximate surface area is 94.6 Å². The second-order valence-corrected chi connectivity index (χ2v) is 4.26. The number of carbonyl (C=O) groups excluding carboxylic acids is 1. The fourth-order valence-corrected chi connectivity index (χ4v) is 2.46. The molecule has 1 aromatic carbocycles. The van der Waals surface area contributed by atoms with Crippen molar-refractivity contribution in [3.63, 3.8) is 0 Å². The van der Waals surface area contributed by atoms with Crippen molar-refractivity contribution in [3.8, 4) is 0 Å². The van der Waals surface area contributed by atoms with Crippen LogP contribution in [0.2, 0.25) is 5.02 Å². The van der Waals surface area contributed by atoms with Crippen molar-refractivity contribution < 1.29 is 4.79 Å². The number of halogens is 2. The van der Waals surface area contributed by atoms with Crippen molar-refractivity contribution in [2.75, 3.05) is 0 Å². The van der Waals surface area contributed by atoms with E-state index >= 15 is 0 Å². The maximum absolute atomic E-state index is 11.3. The lowest BCUT2D eigenvalue weighted by Gasteiger charge is -1.98. The number of nitrogens with zero attached hydrogens (tertiary/aromatic N) is 1. The van der Waals surface area contributed by atoms with E-state index < -0.39 is 0 Å². The van der Waals surface area contributed by atoms with E-state index in [9.17, 15) is 4.79 Å². The Balaban J connectivity index is 2.91. The Bertz CT molecular complexity index is 518. The van der Waals surface area contributed by atoms with Gasteiger partial charge in [-0.2, -0.15) is 0 Å². The first-order valence-corrected chi connectivity index (χ1v) is 5.24. The first-order valence-electron chi connectivity index (χ1n) is 4.07. The molecule has 0 radical (unpaired) electrons. The minimum Gasteiger partial charge on any atom is -0.286 e. The highest BCUT2D eigenvalue weighted by Crippen LogP contribution is 2.31. The standard InChI is InChI=1S/C10H7BrClNO/c1-6(14)13-5-7(11)10-8(12)3-2-4-9(10)13/h2-5H,1H3. The van der Waals surface area contributed by atoms with E-state index in [2.05, 4.69) is 15.9 Å². The van der Waals surface area contributed by atoms with Gasteiger partial charge in [0.15, 0.2) is 0 Å². The van der Waals surface area contributed by atoms with E-state index in [1.807, 2.05) is 12.1 Å². The van der Waals surface area contributed by atoms with Crippen LogP contribution in [0.15, 0.2) is 28.9 Å². The van der Waals surface area contributed by atoms with Gasteiger partial charge in [0.2, 0.25) is 5.91 Å². The highest BCUT2D eigenvalue weighted by atomic mass is 79.9. The van der Waals surface area contributed by atoms with Gasteiger partial charge in [-0.25, -0.2) is 0 Å². The highest BCUT2D eigenvalue weighted by molar-refractivity contribution is 9.10. The SMILES string of the molecule is CC(=O)n1cc(Br)c2c(Cl)cccc21. The van der Waals surface area contributed by atoms with Gasteiger partial charge in [0.05, 0.1) is 10.5 Å². The molecule has 0 spiro atoms. The molecule has 2 nitrogen and oxygen atoms in total. The number of fused-ring (bicyclic) bond motifs is 1. The monoisotopic (exact) mass is 271 g/mol. The second kappa shape index (κ2) is 3.41. The number of aromatic nitrogens is 1. The van der Waals surface area contributed by atoms with E-state index in [0.717, 1.165) is 15.4 Å². The van der Waals surface area contributed by atoms with Crippen molar-refractivity contribution >= 4 is 44.3 Å². The molecule has 0 atom stereocenters. The number of hydrogen-bond acceptors (Lipinski definition) is 1. The fourth-order valence-electron chi connectivity index (χ4n) is 1.46. The first-order chi connectivity index (χ1) is 6.61. The van der Waals surface area contributed by atoms with Gasteiger partial charge in [0, 0.05) is 23.0 Å². The van der Waals surface area contributed by atoms with Gasteiger partial charge < -0.3 is 0 Å². The van der Waals surface area contributed by atoms with E-state index in [4.69, 9.17) is 11.6 Å². The fraction of sp³-hybridized carbons (Fsp3) is 0.100. The maximum Gasteiger partial charge on any atom is 0.227 e. The molecule has 1 heterocycles. The summed E-state index contributed by atoms with van der Waals surface area (Å²) in [6.07, 6.45) is 1.74. The average Bonchev–Trinajstić information content (AvgIpc) is 2.45. The Morgan fingerprint density at radius 1 is 1.50 bits per heavy atom. The van der Waals surface area contributed by atoms with Crippen molar-refractivity contribution in [1.82, 2.24) is 4.57 Å². The normalized spacial score (nSPS) is 10.8. The van der Waals surface area contributed by atoms with E-state index in [-0.39, 0.29) is 5.91 Å². The van der Waals surface area contributed by atoms with Gasteiger partial charge >= 0.3 is 0 Å². The molecule has 0 amide bonds. The van der Waals surface area contributed by atoms with Gasteiger partial charge in [-0.3, -0.25) is 9.36 Å². The van der Waals surface area contributed by atoms with Gasteiger partial charge in [-0.05, 0) is 28.1 Å². The molecule has 0 saturated carbocycles. The summed E-state index contributed by atoms with van der Waals surface area (Å²) in [5.41, 5.74) is 0.830. The van der Waals surface area contributed by atoms with Crippen LogP contribution in [0, 0.1) is 0 Å². The Morgan fingerprint density at radius 3 is 2.86 bits per heavy atom. The molecule has 2 aromatic rings. The topological polar surface area (TPSA) is 22.0 Å². The molecule has 1 aromatic heterocycles. The van der Waals surface area contributed by atoms with Crippen LogP contribution in [-0.2, 0) is 0 Å². The quantitative estimate of drug-likeness (QED) is 0.716. The first kappa shape index (κ1) is 9.74. The smallest absolute Gasteiger partial charge is 0.227 e. The zero-order valence-corrected chi connectivity index (χ0v) is 9.76. The van der Waals surface area contributed by atoms with Crippen LogP contribution in [0.4, 0.5) is 0 Å². The van der Waals surface area contributed by atoms with Crippen LogP contribution in [0.25, 0.3) is 10.9 Å². The summed E-state index contributed by atoms with van der Waals surface area (Å²) >= 11 is 9.41. The van der Waals surface area contributed by atoms with Crippen molar-refractivity contribution in [1.29, 1.82) is 0 Å². The van der Waals surface area contributed by atoms with Crippen molar-refractivity contribution in [2.45, 2.75) is 6.92 Å². The van der Waals surface area contributed by atoms with Gasteiger partial charge in [-0.15, -0.1) is 0 Å². The maximum atomic E-state index is 11.3. The van der Waals surface area contributed by atoms with Crippen LogP contribution in [-0.4, -0.2) is 10.5 Å². The lowest BCUT2D eigenvalue weighted by Crippen LogP contribution is -2.02. The van der Waals surface area contributed by atoms with E-state index in [1.165, 1.54) is 6.92 Å². The molecule has 2 rings (SSSR count). The van der Waals surface area contributed by atoms with Crippen molar-refractivity contribution in [2.24, 2.45) is 0 Å². The van der Waals surface area contributed by atoms with E-state index in [0.29, 0.717) is 5.02 Å². The average molecular weight is 273 g/mol. The molecule has 72 valence electrons. The minimum absolute atomic E-state index is 0.0250. The van der Waals surface area contributed by atoms with Crippen LogP contribution in [0.1, 0.15) is 11.7 Å². The molecule has 0 aliphatic rings. The molecular weight excluding hydrogens is 265 g/mol. The number of hydrogen-bond donors (Lipinski definition) is 0. The van der Waals surface area contributed by atoms with Gasteiger partial charge in [0.1, 0.15) is 0 Å². The number of carbonyl (C=O) groups is 1. The molecule has 0 fully saturated rings.